The number of aliphatic hydroxyl groups excluding tert-OH is 3. The lowest BCUT2D eigenvalue weighted by Gasteiger charge is -2.16. The summed E-state index contributed by atoms with van der Waals surface area (Å²) in [6.07, 6.45) is -2.92. The number of rotatable bonds is 4. The zero-order valence-electron chi connectivity index (χ0n) is 13.4. The normalized spacial score (nSPS) is 25.7. The minimum absolute atomic E-state index is 0.138. The van der Waals surface area contributed by atoms with Crippen LogP contribution in [0, 0.1) is 0 Å². The summed E-state index contributed by atoms with van der Waals surface area (Å²) in [5.41, 5.74) is 1.45. The fraction of sp³-hybridized carbons (Fsp3) is 0.312. The van der Waals surface area contributed by atoms with Gasteiger partial charge in [0.1, 0.15) is 23.8 Å². The molecule has 26 heavy (non-hydrogen) atoms. The van der Waals surface area contributed by atoms with Crippen molar-refractivity contribution in [3.8, 4) is 0 Å². The Hall–Kier alpha value is -2.30. The van der Waals surface area contributed by atoms with Crippen molar-refractivity contribution < 1.29 is 20.1 Å². The molecule has 10 heteroatoms. The van der Waals surface area contributed by atoms with E-state index in [1.807, 2.05) is 30.3 Å². The largest absolute Gasteiger partial charge is 0.394 e. The average molecular weight is 378 g/mol. The van der Waals surface area contributed by atoms with Crippen LogP contribution in [-0.2, 0) is 4.74 Å². The Bertz CT molecular complexity index is 922. The Labute approximate surface area is 152 Å². The fourth-order valence-corrected chi connectivity index (χ4v) is 3.10. The molecule has 1 fully saturated rings. The molecule has 3 heterocycles. The molecule has 9 nitrogen and oxygen atoms in total. The molecule has 2 aromatic heterocycles. The molecule has 0 radical (unpaired) electrons. The van der Waals surface area contributed by atoms with E-state index >= 15 is 0 Å². The van der Waals surface area contributed by atoms with Crippen LogP contribution in [0.5, 0.6) is 0 Å². The zero-order chi connectivity index (χ0) is 18.3. The van der Waals surface area contributed by atoms with Crippen molar-refractivity contribution in [2.75, 3.05) is 11.9 Å². The van der Waals surface area contributed by atoms with Gasteiger partial charge >= 0.3 is 0 Å². The van der Waals surface area contributed by atoms with Crippen molar-refractivity contribution in [3.63, 3.8) is 0 Å². The molecular weight excluding hydrogens is 362 g/mol. The maximum atomic E-state index is 10.2. The molecule has 0 saturated carbocycles. The van der Waals surface area contributed by atoms with Crippen molar-refractivity contribution in [3.05, 3.63) is 41.8 Å². The van der Waals surface area contributed by atoms with Crippen molar-refractivity contribution in [1.82, 2.24) is 19.5 Å². The standard InChI is InChI=1S/C16H16ClN5O4/c17-13-10-14(21-16(20-13)19-8-4-2-1-3-5-8)22(7-18-10)15-12(25)11(24)9(6-23)26-15/h1-5,7,9,11-12,15,23-25H,6H2,(H,19,20,21)/t9-,11-,12-,15-/m1/s1. The number of hydrogen-bond donors (Lipinski definition) is 4. The molecule has 1 aliphatic heterocycles. The SMILES string of the molecule is OC[C@H]1O[C@@H](n2cnc3c(Cl)nc(Nc4ccccc4)nc32)[C@H](O)[C@@H]1O. The first-order valence-corrected chi connectivity index (χ1v) is 8.31. The molecule has 0 amide bonds. The van der Waals surface area contributed by atoms with Crippen LogP contribution >= 0.6 is 11.6 Å². The molecule has 4 rings (SSSR count). The van der Waals surface area contributed by atoms with Gasteiger partial charge in [-0.1, -0.05) is 29.8 Å². The molecule has 136 valence electrons. The van der Waals surface area contributed by atoms with Gasteiger partial charge in [-0.2, -0.15) is 9.97 Å². The predicted molar refractivity (Wildman–Crippen MR) is 93.1 cm³/mol. The van der Waals surface area contributed by atoms with Crippen LogP contribution in [0.4, 0.5) is 11.6 Å². The Balaban J connectivity index is 1.73. The van der Waals surface area contributed by atoms with Gasteiger partial charge in [0, 0.05) is 5.69 Å². The van der Waals surface area contributed by atoms with E-state index in [1.165, 1.54) is 10.9 Å². The molecular formula is C16H16ClN5O4. The average Bonchev–Trinajstić information content (AvgIpc) is 3.18. The van der Waals surface area contributed by atoms with E-state index < -0.39 is 31.1 Å². The third-order valence-corrected chi connectivity index (χ3v) is 4.46. The first kappa shape index (κ1) is 17.1. The Morgan fingerprint density at radius 3 is 2.62 bits per heavy atom. The molecule has 0 unspecified atom stereocenters. The van der Waals surface area contributed by atoms with Gasteiger partial charge in [-0.25, -0.2) is 4.98 Å². The lowest BCUT2D eigenvalue weighted by atomic mass is 10.1. The molecule has 1 saturated heterocycles. The van der Waals surface area contributed by atoms with Gasteiger partial charge in [0.05, 0.1) is 12.9 Å². The van der Waals surface area contributed by atoms with Gasteiger partial charge in [0.15, 0.2) is 17.0 Å². The summed E-state index contributed by atoms with van der Waals surface area (Å²) in [4.78, 5) is 12.7. The number of para-hydroxylation sites is 1. The highest BCUT2D eigenvalue weighted by Crippen LogP contribution is 2.32. The highest BCUT2D eigenvalue weighted by Gasteiger charge is 2.44. The van der Waals surface area contributed by atoms with Crippen LogP contribution in [0.3, 0.4) is 0 Å². The molecule has 1 aromatic carbocycles. The molecule has 3 aromatic rings. The quantitative estimate of drug-likeness (QED) is 0.493. The minimum atomic E-state index is -1.25. The van der Waals surface area contributed by atoms with Gasteiger partial charge in [0.2, 0.25) is 5.95 Å². The van der Waals surface area contributed by atoms with Crippen LogP contribution in [0.1, 0.15) is 6.23 Å². The second-order valence-corrected chi connectivity index (χ2v) is 6.24. The lowest BCUT2D eigenvalue weighted by molar-refractivity contribution is -0.0511. The number of benzene rings is 1. The summed E-state index contributed by atoms with van der Waals surface area (Å²) < 4.78 is 7.00. The van der Waals surface area contributed by atoms with E-state index in [0.29, 0.717) is 11.2 Å². The first-order chi connectivity index (χ1) is 12.6. The number of aliphatic hydroxyl groups is 3. The highest BCUT2D eigenvalue weighted by atomic mass is 35.5. The summed E-state index contributed by atoms with van der Waals surface area (Å²) in [6, 6.07) is 9.33. The van der Waals surface area contributed by atoms with Gasteiger partial charge in [-0.15, -0.1) is 0 Å². The Morgan fingerprint density at radius 2 is 1.92 bits per heavy atom. The minimum Gasteiger partial charge on any atom is -0.394 e. The van der Waals surface area contributed by atoms with Gasteiger partial charge < -0.3 is 25.4 Å². The fourth-order valence-electron chi connectivity index (χ4n) is 2.88. The molecule has 4 atom stereocenters. The number of fused-ring (bicyclic) bond motifs is 1. The number of ether oxygens (including phenoxy) is 1. The van der Waals surface area contributed by atoms with Crippen molar-refractivity contribution in [2.45, 2.75) is 24.5 Å². The number of hydrogen-bond acceptors (Lipinski definition) is 8. The van der Waals surface area contributed by atoms with E-state index in [9.17, 15) is 15.3 Å². The second-order valence-electron chi connectivity index (χ2n) is 5.88. The predicted octanol–water partition coefficient (Wildman–Crippen LogP) is 0.835. The van der Waals surface area contributed by atoms with Gasteiger partial charge in [-0.3, -0.25) is 4.57 Å². The summed E-state index contributed by atoms with van der Waals surface area (Å²) >= 11 is 6.21. The third kappa shape index (κ3) is 2.89. The molecule has 1 aliphatic rings. The van der Waals surface area contributed by atoms with E-state index in [2.05, 4.69) is 20.3 Å². The van der Waals surface area contributed by atoms with Crippen LogP contribution in [0.2, 0.25) is 5.15 Å². The van der Waals surface area contributed by atoms with E-state index in [1.54, 1.807) is 0 Å². The van der Waals surface area contributed by atoms with Crippen LogP contribution in [0.25, 0.3) is 11.2 Å². The number of imidazole rings is 1. The first-order valence-electron chi connectivity index (χ1n) is 7.93. The zero-order valence-corrected chi connectivity index (χ0v) is 14.2. The second kappa shape index (κ2) is 6.78. The maximum Gasteiger partial charge on any atom is 0.230 e. The highest BCUT2D eigenvalue weighted by molar-refractivity contribution is 6.33. The summed E-state index contributed by atoms with van der Waals surface area (Å²) in [7, 11) is 0. The van der Waals surface area contributed by atoms with Crippen LogP contribution in [-0.4, -0.2) is 59.8 Å². The summed E-state index contributed by atoms with van der Waals surface area (Å²) in [6.45, 7) is -0.419. The third-order valence-electron chi connectivity index (χ3n) is 4.20. The smallest absolute Gasteiger partial charge is 0.230 e. The van der Waals surface area contributed by atoms with Gasteiger partial charge in [0.25, 0.3) is 0 Å². The Kier molecular flexibility index (Phi) is 4.47. The van der Waals surface area contributed by atoms with Crippen LogP contribution < -0.4 is 5.32 Å². The van der Waals surface area contributed by atoms with Crippen molar-refractivity contribution in [2.24, 2.45) is 0 Å². The summed E-state index contributed by atoms with van der Waals surface area (Å²) in [5, 5.41) is 32.6. The van der Waals surface area contributed by atoms with Crippen LogP contribution in [0.15, 0.2) is 36.7 Å². The molecule has 0 spiro atoms. The number of aromatic nitrogens is 4. The van der Waals surface area contributed by atoms with Crippen molar-refractivity contribution in [1.29, 1.82) is 0 Å². The molecule has 4 N–H and O–H groups in total. The molecule has 0 aliphatic carbocycles. The van der Waals surface area contributed by atoms with E-state index in [-0.39, 0.29) is 11.1 Å². The van der Waals surface area contributed by atoms with E-state index in [4.69, 9.17) is 16.3 Å². The van der Waals surface area contributed by atoms with Crippen molar-refractivity contribution >= 4 is 34.4 Å². The number of nitrogens with zero attached hydrogens (tertiary/aromatic N) is 4. The monoisotopic (exact) mass is 377 g/mol. The number of anilines is 2. The maximum absolute atomic E-state index is 10.2. The van der Waals surface area contributed by atoms with Gasteiger partial charge in [-0.05, 0) is 12.1 Å². The number of halogens is 1. The summed E-state index contributed by atoms with van der Waals surface area (Å²) in [5.74, 6) is 0.252. The Morgan fingerprint density at radius 1 is 1.15 bits per heavy atom. The van der Waals surface area contributed by atoms with E-state index in [0.717, 1.165) is 5.69 Å². The lowest BCUT2D eigenvalue weighted by Crippen LogP contribution is -2.33. The number of nitrogens with one attached hydrogen (secondary N) is 1. The topological polar surface area (TPSA) is 126 Å². The molecule has 0 bridgehead atoms.